The van der Waals surface area contributed by atoms with Crippen LogP contribution in [0.15, 0.2) is 47.8 Å². The molecule has 0 fully saturated rings. The normalized spacial score (nSPS) is 13.2. The molecule has 172 valence electrons. The van der Waals surface area contributed by atoms with Crippen molar-refractivity contribution in [2.45, 2.75) is 32.4 Å². The van der Waals surface area contributed by atoms with Crippen LogP contribution in [-0.4, -0.2) is 46.2 Å². The van der Waals surface area contributed by atoms with Crippen LogP contribution < -0.4 is 5.32 Å². The molecule has 3 aromatic rings. The summed E-state index contributed by atoms with van der Waals surface area (Å²) in [6.07, 6.45) is 3.19. The molecule has 4 rings (SSSR count). The second-order valence-corrected chi connectivity index (χ2v) is 8.43. The van der Waals surface area contributed by atoms with Crippen LogP contribution in [0.3, 0.4) is 0 Å². The van der Waals surface area contributed by atoms with Crippen LogP contribution in [0.5, 0.6) is 0 Å². The second kappa shape index (κ2) is 9.27. The van der Waals surface area contributed by atoms with Crippen LogP contribution in [-0.2, 0) is 19.0 Å². The predicted octanol–water partition coefficient (Wildman–Crippen LogP) is 5.44. The second-order valence-electron chi connectivity index (χ2n) is 8.43. The van der Waals surface area contributed by atoms with Gasteiger partial charge in [-0.1, -0.05) is 6.07 Å². The SMILES string of the molecule is CC1=Nc2cc(C(F)(F)F)ccc2-c2nc(Nc3cncc(CCCN(C)C)c3)ncc2C1. The molecule has 0 unspecified atom stereocenters. The summed E-state index contributed by atoms with van der Waals surface area (Å²) in [5.74, 6) is 0.353. The molecular formula is C24H25F3N6. The van der Waals surface area contributed by atoms with Gasteiger partial charge in [0.15, 0.2) is 0 Å². The van der Waals surface area contributed by atoms with Gasteiger partial charge in [0, 0.05) is 35.7 Å². The number of aliphatic imine (C=N–C) groups is 1. The van der Waals surface area contributed by atoms with E-state index < -0.39 is 11.7 Å². The molecule has 0 saturated carbocycles. The summed E-state index contributed by atoms with van der Waals surface area (Å²) in [7, 11) is 4.08. The third-order valence-electron chi connectivity index (χ3n) is 5.32. The number of benzene rings is 1. The molecule has 1 aliphatic heterocycles. The fourth-order valence-electron chi connectivity index (χ4n) is 3.77. The predicted molar refractivity (Wildman–Crippen MR) is 123 cm³/mol. The summed E-state index contributed by atoms with van der Waals surface area (Å²) < 4.78 is 39.6. The largest absolute Gasteiger partial charge is 0.416 e. The van der Waals surface area contributed by atoms with E-state index in [2.05, 4.69) is 30.2 Å². The Morgan fingerprint density at radius 1 is 1.09 bits per heavy atom. The van der Waals surface area contributed by atoms with Crippen LogP contribution in [0, 0.1) is 0 Å². The molecule has 9 heteroatoms. The Labute approximate surface area is 190 Å². The Bertz CT molecular complexity index is 1190. The number of aromatic nitrogens is 3. The number of halogens is 3. The summed E-state index contributed by atoms with van der Waals surface area (Å²) in [4.78, 5) is 19.9. The minimum Gasteiger partial charge on any atom is -0.323 e. The van der Waals surface area contributed by atoms with E-state index >= 15 is 0 Å². The number of pyridine rings is 1. The molecule has 33 heavy (non-hydrogen) atoms. The summed E-state index contributed by atoms with van der Waals surface area (Å²) in [6.45, 7) is 2.78. The molecule has 1 aliphatic rings. The third kappa shape index (κ3) is 5.54. The maximum Gasteiger partial charge on any atom is 0.416 e. The number of hydrogen-bond acceptors (Lipinski definition) is 6. The molecule has 1 N–H and O–H groups in total. The average molecular weight is 455 g/mol. The highest BCUT2D eigenvalue weighted by Gasteiger charge is 2.32. The van der Waals surface area contributed by atoms with Crippen molar-refractivity contribution in [2.75, 3.05) is 26.0 Å². The van der Waals surface area contributed by atoms with Gasteiger partial charge in [-0.05, 0) is 64.2 Å². The zero-order valence-corrected chi connectivity index (χ0v) is 18.7. The molecule has 0 radical (unpaired) electrons. The van der Waals surface area contributed by atoms with Crippen molar-refractivity contribution in [3.05, 3.63) is 59.5 Å². The lowest BCUT2D eigenvalue weighted by Crippen LogP contribution is -2.13. The highest BCUT2D eigenvalue weighted by atomic mass is 19.4. The van der Waals surface area contributed by atoms with E-state index in [9.17, 15) is 13.2 Å². The van der Waals surface area contributed by atoms with Crippen molar-refractivity contribution in [2.24, 2.45) is 4.99 Å². The van der Waals surface area contributed by atoms with Gasteiger partial charge >= 0.3 is 6.18 Å². The Hall–Kier alpha value is -3.33. The van der Waals surface area contributed by atoms with Crippen LogP contribution in [0.4, 0.5) is 30.5 Å². The van der Waals surface area contributed by atoms with Gasteiger partial charge in [0.1, 0.15) is 0 Å². The highest BCUT2D eigenvalue weighted by Crippen LogP contribution is 2.39. The zero-order chi connectivity index (χ0) is 23.6. The quantitative estimate of drug-likeness (QED) is 0.537. The number of nitrogens with zero attached hydrogens (tertiary/aromatic N) is 5. The first-order valence-electron chi connectivity index (χ1n) is 10.7. The van der Waals surface area contributed by atoms with E-state index in [1.807, 2.05) is 26.4 Å². The Morgan fingerprint density at radius 2 is 1.91 bits per heavy atom. The molecule has 0 atom stereocenters. The molecule has 0 aliphatic carbocycles. The third-order valence-corrected chi connectivity index (χ3v) is 5.32. The van der Waals surface area contributed by atoms with Gasteiger partial charge in [0.25, 0.3) is 0 Å². The molecule has 6 nitrogen and oxygen atoms in total. The maximum absolute atomic E-state index is 13.2. The summed E-state index contributed by atoms with van der Waals surface area (Å²) >= 11 is 0. The van der Waals surface area contributed by atoms with Crippen LogP contribution >= 0.6 is 0 Å². The smallest absolute Gasteiger partial charge is 0.323 e. The first-order chi connectivity index (χ1) is 15.7. The van der Waals surface area contributed by atoms with Crippen LogP contribution in [0.25, 0.3) is 11.3 Å². The average Bonchev–Trinajstić information content (AvgIpc) is 2.88. The Balaban J connectivity index is 1.62. The van der Waals surface area contributed by atoms with E-state index in [0.29, 0.717) is 29.3 Å². The number of aryl methyl sites for hydroxylation is 1. The molecule has 0 spiro atoms. The van der Waals surface area contributed by atoms with Gasteiger partial charge in [-0.3, -0.25) is 9.98 Å². The van der Waals surface area contributed by atoms with Crippen molar-refractivity contribution >= 4 is 23.0 Å². The number of anilines is 2. The maximum atomic E-state index is 13.2. The molecule has 2 aromatic heterocycles. The first-order valence-corrected chi connectivity index (χ1v) is 10.7. The lowest BCUT2D eigenvalue weighted by Gasteiger charge is -2.13. The van der Waals surface area contributed by atoms with Crippen molar-refractivity contribution in [1.82, 2.24) is 19.9 Å². The van der Waals surface area contributed by atoms with E-state index in [-0.39, 0.29) is 5.69 Å². The lowest BCUT2D eigenvalue weighted by atomic mass is 10.0. The Morgan fingerprint density at radius 3 is 2.67 bits per heavy atom. The van der Waals surface area contributed by atoms with Gasteiger partial charge < -0.3 is 10.2 Å². The number of nitrogens with one attached hydrogen (secondary N) is 1. The molecule has 0 saturated heterocycles. The molecular weight excluding hydrogens is 429 g/mol. The molecule has 1 aromatic carbocycles. The highest BCUT2D eigenvalue weighted by molar-refractivity contribution is 5.93. The van der Waals surface area contributed by atoms with E-state index in [1.54, 1.807) is 19.3 Å². The number of fused-ring (bicyclic) bond motifs is 3. The van der Waals surface area contributed by atoms with Gasteiger partial charge in [-0.2, -0.15) is 13.2 Å². The minimum absolute atomic E-state index is 0.260. The molecule has 0 amide bonds. The lowest BCUT2D eigenvalue weighted by molar-refractivity contribution is -0.137. The van der Waals surface area contributed by atoms with E-state index in [4.69, 9.17) is 0 Å². The fourth-order valence-corrected chi connectivity index (χ4v) is 3.77. The van der Waals surface area contributed by atoms with Crippen LogP contribution in [0.2, 0.25) is 0 Å². The first kappa shape index (κ1) is 22.8. The van der Waals surface area contributed by atoms with Crippen LogP contribution in [0.1, 0.15) is 30.0 Å². The number of rotatable bonds is 6. The minimum atomic E-state index is -4.43. The monoisotopic (exact) mass is 454 g/mol. The van der Waals surface area contributed by atoms with Gasteiger partial charge in [0.2, 0.25) is 5.95 Å². The Kier molecular flexibility index (Phi) is 6.42. The topological polar surface area (TPSA) is 66.3 Å². The molecule has 0 bridgehead atoms. The van der Waals surface area contributed by atoms with Crippen molar-refractivity contribution in [1.29, 1.82) is 0 Å². The molecule has 3 heterocycles. The van der Waals surface area contributed by atoms with Gasteiger partial charge in [-0.15, -0.1) is 0 Å². The number of alkyl halides is 3. The van der Waals surface area contributed by atoms with E-state index in [0.717, 1.165) is 48.3 Å². The summed E-state index contributed by atoms with van der Waals surface area (Å²) in [5, 5.41) is 3.18. The van der Waals surface area contributed by atoms with Gasteiger partial charge in [0.05, 0.1) is 28.8 Å². The van der Waals surface area contributed by atoms with Crippen molar-refractivity contribution < 1.29 is 13.2 Å². The zero-order valence-electron chi connectivity index (χ0n) is 18.7. The van der Waals surface area contributed by atoms with Crippen molar-refractivity contribution in [3.63, 3.8) is 0 Å². The summed E-state index contributed by atoms with van der Waals surface area (Å²) in [6, 6.07) is 5.58. The standard InChI is InChI=1S/C24H25F3N6/c1-15-9-17-13-29-23(31-19-10-16(12-28-14-19)5-4-8-33(2)3)32-22(17)20-7-6-18(24(25,26)27)11-21(20)30-15/h6-7,10-14H,4-5,8-9H2,1-3H3,(H,29,31,32). The van der Waals surface area contributed by atoms with E-state index in [1.165, 1.54) is 6.07 Å². The van der Waals surface area contributed by atoms with Crippen molar-refractivity contribution in [3.8, 4) is 11.3 Å². The van der Waals surface area contributed by atoms with Gasteiger partial charge in [-0.25, -0.2) is 9.97 Å². The number of hydrogen-bond donors (Lipinski definition) is 1. The fraction of sp³-hybridized carbons (Fsp3) is 0.333. The summed E-state index contributed by atoms with van der Waals surface area (Å²) in [5.41, 5.74) is 4.03.